The molecule has 2 amide bonds. The Kier molecular flexibility index (Phi) is 6.77. The predicted octanol–water partition coefficient (Wildman–Crippen LogP) is 3.22. The normalized spacial score (nSPS) is 16.8. The quantitative estimate of drug-likeness (QED) is 0.564. The van der Waals surface area contributed by atoms with Crippen molar-refractivity contribution < 1.29 is 9.59 Å². The number of rotatable bonds is 7. The molecule has 0 aliphatic carbocycles. The van der Waals surface area contributed by atoms with Crippen molar-refractivity contribution in [3.05, 3.63) is 84.2 Å². The zero-order chi connectivity index (χ0) is 22.3. The van der Waals surface area contributed by atoms with Gasteiger partial charge in [0.2, 0.25) is 11.8 Å². The Morgan fingerprint density at radius 2 is 1.91 bits per heavy atom. The molecule has 0 bridgehead atoms. The Morgan fingerprint density at radius 3 is 2.66 bits per heavy atom. The van der Waals surface area contributed by atoms with Crippen LogP contribution in [0.15, 0.2) is 73.1 Å². The van der Waals surface area contributed by atoms with E-state index >= 15 is 0 Å². The summed E-state index contributed by atoms with van der Waals surface area (Å²) in [6, 6.07) is 17.6. The molecule has 1 aliphatic heterocycles. The predicted molar refractivity (Wildman–Crippen MR) is 125 cm³/mol. The first kappa shape index (κ1) is 21.5. The number of carbonyl (C=O) groups excluding carboxylic acids is 2. The Hall–Kier alpha value is -3.71. The first-order valence-corrected chi connectivity index (χ1v) is 10.8. The third-order valence-corrected chi connectivity index (χ3v) is 5.59. The summed E-state index contributed by atoms with van der Waals surface area (Å²) in [6.45, 7) is 2.44. The Labute approximate surface area is 187 Å². The Morgan fingerprint density at radius 1 is 1.12 bits per heavy atom. The number of carbonyl (C=O) groups is 2. The lowest BCUT2D eigenvalue weighted by atomic mass is 9.97. The molecule has 4 rings (SSSR count). The van der Waals surface area contributed by atoms with Crippen molar-refractivity contribution in [1.82, 2.24) is 14.7 Å². The summed E-state index contributed by atoms with van der Waals surface area (Å²) >= 11 is 0. The van der Waals surface area contributed by atoms with Crippen LogP contribution in [0.4, 0.5) is 5.69 Å². The molecule has 32 heavy (non-hydrogen) atoms. The number of likely N-dealkylation sites (tertiary alicyclic amines) is 1. The number of para-hydroxylation sites is 1. The van der Waals surface area contributed by atoms with Gasteiger partial charge in [0.1, 0.15) is 0 Å². The average Bonchev–Trinajstić information content (AvgIpc) is 3.29. The minimum Gasteiger partial charge on any atom is -0.369 e. The summed E-state index contributed by atoms with van der Waals surface area (Å²) in [4.78, 5) is 26.0. The number of hydrogen-bond donors (Lipinski definition) is 2. The van der Waals surface area contributed by atoms with Crippen LogP contribution in [0.5, 0.6) is 0 Å². The summed E-state index contributed by atoms with van der Waals surface area (Å²) in [7, 11) is 0. The Bertz CT molecular complexity index is 1090. The third kappa shape index (κ3) is 5.70. The summed E-state index contributed by atoms with van der Waals surface area (Å²) < 4.78 is 1.77. The van der Waals surface area contributed by atoms with Crippen molar-refractivity contribution >= 4 is 23.6 Å². The maximum absolute atomic E-state index is 12.3. The molecule has 1 aromatic heterocycles. The molecule has 0 radical (unpaired) electrons. The molecule has 0 saturated carbocycles. The summed E-state index contributed by atoms with van der Waals surface area (Å²) in [5.74, 6) is -0.479. The summed E-state index contributed by atoms with van der Waals surface area (Å²) in [6.07, 6.45) is 8.68. The van der Waals surface area contributed by atoms with Crippen LogP contribution >= 0.6 is 0 Å². The van der Waals surface area contributed by atoms with Crippen molar-refractivity contribution in [2.75, 3.05) is 18.4 Å². The van der Waals surface area contributed by atoms with Crippen LogP contribution in [-0.4, -0.2) is 39.6 Å². The van der Waals surface area contributed by atoms with E-state index in [2.05, 4.69) is 15.3 Å². The van der Waals surface area contributed by atoms with Gasteiger partial charge in [0.25, 0.3) is 0 Å². The number of primary amides is 1. The van der Waals surface area contributed by atoms with Crippen LogP contribution in [0.1, 0.15) is 24.0 Å². The molecule has 2 heterocycles. The van der Waals surface area contributed by atoms with Gasteiger partial charge in [0.15, 0.2) is 0 Å². The first-order chi connectivity index (χ1) is 15.6. The maximum atomic E-state index is 12.3. The number of nitrogens with zero attached hydrogens (tertiary/aromatic N) is 3. The number of amides is 2. The largest absolute Gasteiger partial charge is 0.369 e. The van der Waals surface area contributed by atoms with E-state index in [0.29, 0.717) is 6.54 Å². The molecule has 3 N–H and O–H groups in total. The molecular weight excluding hydrogens is 402 g/mol. The van der Waals surface area contributed by atoms with Gasteiger partial charge in [-0.05, 0) is 55.3 Å². The molecule has 1 atom stereocenters. The van der Waals surface area contributed by atoms with Crippen molar-refractivity contribution in [1.29, 1.82) is 0 Å². The van der Waals surface area contributed by atoms with Crippen molar-refractivity contribution in [2.24, 2.45) is 11.7 Å². The molecule has 1 unspecified atom stereocenters. The van der Waals surface area contributed by atoms with Gasteiger partial charge < -0.3 is 11.1 Å². The van der Waals surface area contributed by atoms with E-state index in [1.165, 1.54) is 6.08 Å². The monoisotopic (exact) mass is 429 g/mol. The van der Waals surface area contributed by atoms with E-state index in [-0.39, 0.29) is 17.7 Å². The lowest BCUT2D eigenvalue weighted by molar-refractivity contribution is -0.123. The van der Waals surface area contributed by atoms with Crippen LogP contribution in [0.3, 0.4) is 0 Å². The standard InChI is InChI=1S/C25H27N5O2/c26-25(32)21-5-4-14-29(18-21)16-19-8-11-22(12-9-19)28-24(31)13-10-20-15-27-30(17-20)23-6-2-1-3-7-23/h1-3,6-13,15,17,21H,4-5,14,16,18H2,(H2,26,32)(H,28,31)/b13-10+. The van der Waals surface area contributed by atoms with Gasteiger partial charge in [0.05, 0.1) is 17.8 Å². The Balaban J connectivity index is 1.29. The second kappa shape index (κ2) is 10.1. The lowest BCUT2D eigenvalue weighted by Gasteiger charge is -2.31. The second-order valence-electron chi connectivity index (χ2n) is 8.05. The molecule has 1 saturated heterocycles. The topological polar surface area (TPSA) is 93.2 Å². The van der Waals surface area contributed by atoms with E-state index in [9.17, 15) is 9.59 Å². The minimum absolute atomic E-state index is 0.0612. The van der Waals surface area contributed by atoms with E-state index in [1.807, 2.05) is 60.8 Å². The minimum atomic E-state index is -0.215. The first-order valence-electron chi connectivity index (χ1n) is 10.8. The molecule has 7 nitrogen and oxygen atoms in total. The number of anilines is 1. The number of nitrogens with one attached hydrogen (secondary N) is 1. The van der Waals surface area contributed by atoms with Gasteiger partial charge >= 0.3 is 0 Å². The third-order valence-electron chi connectivity index (χ3n) is 5.59. The number of piperidine rings is 1. The molecule has 1 aliphatic rings. The van der Waals surface area contributed by atoms with E-state index < -0.39 is 0 Å². The lowest BCUT2D eigenvalue weighted by Crippen LogP contribution is -2.40. The van der Waals surface area contributed by atoms with E-state index in [1.54, 1.807) is 17.0 Å². The molecule has 0 spiro atoms. The highest BCUT2D eigenvalue weighted by molar-refractivity contribution is 6.01. The SMILES string of the molecule is NC(=O)C1CCCN(Cc2ccc(NC(=O)/C=C/c3cnn(-c4ccccc4)c3)cc2)C1. The molecule has 164 valence electrons. The zero-order valence-corrected chi connectivity index (χ0v) is 17.9. The van der Waals surface area contributed by atoms with Crippen LogP contribution in [-0.2, 0) is 16.1 Å². The van der Waals surface area contributed by atoms with Crippen LogP contribution < -0.4 is 11.1 Å². The second-order valence-corrected chi connectivity index (χ2v) is 8.05. The van der Waals surface area contributed by atoms with Gasteiger partial charge in [-0.15, -0.1) is 0 Å². The maximum Gasteiger partial charge on any atom is 0.248 e. The highest BCUT2D eigenvalue weighted by atomic mass is 16.1. The van der Waals surface area contributed by atoms with Gasteiger partial charge in [0, 0.05) is 36.6 Å². The highest BCUT2D eigenvalue weighted by Crippen LogP contribution is 2.19. The highest BCUT2D eigenvalue weighted by Gasteiger charge is 2.23. The number of benzene rings is 2. The van der Waals surface area contributed by atoms with Crippen LogP contribution in [0.25, 0.3) is 11.8 Å². The molecule has 2 aromatic carbocycles. The van der Waals surface area contributed by atoms with Crippen molar-refractivity contribution in [2.45, 2.75) is 19.4 Å². The van der Waals surface area contributed by atoms with Gasteiger partial charge in [-0.2, -0.15) is 5.10 Å². The average molecular weight is 430 g/mol. The van der Waals surface area contributed by atoms with E-state index in [4.69, 9.17) is 5.73 Å². The van der Waals surface area contributed by atoms with Crippen LogP contribution in [0, 0.1) is 5.92 Å². The van der Waals surface area contributed by atoms with Crippen molar-refractivity contribution in [3.63, 3.8) is 0 Å². The molecule has 7 heteroatoms. The fourth-order valence-corrected chi connectivity index (χ4v) is 3.88. The summed E-state index contributed by atoms with van der Waals surface area (Å²) in [5.41, 5.74) is 9.14. The fourth-order valence-electron chi connectivity index (χ4n) is 3.88. The smallest absolute Gasteiger partial charge is 0.248 e. The van der Waals surface area contributed by atoms with Gasteiger partial charge in [-0.25, -0.2) is 4.68 Å². The van der Waals surface area contributed by atoms with Crippen molar-refractivity contribution in [3.8, 4) is 5.69 Å². The number of hydrogen-bond acceptors (Lipinski definition) is 4. The molecular formula is C25H27N5O2. The fraction of sp³-hybridized carbons (Fsp3) is 0.240. The number of nitrogens with two attached hydrogens (primary N) is 1. The zero-order valence-electron chi connectivity index (χ0n) is 17.9. The molecule has 3 aromatic rings. The number of aromatic nitrogens is 2. The summed E-state index contributed by atoms with van der Waals surface area (Å²) in [5, 5.41) is 7.20. The van der Waals surface area contributed by atoms with Crippen LogP contribution in [0.2, 0.25) is 0 Å². The molecule has 1 fully saturated rings. The van der Waals surface area contributed by atoms with E-state index in [0.717, 1.165) is 48.4 Å². The van der Waals surface area contributed by atoms with Gasteiger partial charge in [-0.1, -0.05) is 30.3 Å². The van der Waals surface area contributed by atoms with Gasteiger partial charge in [-0.3, -0.25) is 14.5 Å².